The van der Waals surface area contributed by atoms with Crippen molar-refractivity contribution in [2.75, 3.05) is 11.9 Å². The summed E-state index contributed by atoms with van der Waals surface area (Å²) in [6, 6.07) is 9.32. The third kappa shape index (κ3) is 4.13. The van der Waals surface area contributed by atoms with Crippen molar-refractivity contribution < 1.29 is 4.79 Å². The standard InChI is InChI=1S/C19H20N2OS.ClH/c1-2-12-20-13-16-15-10-6-7-11-17(15)23-19(16)21-18(22)14-8-4-3-5-9-14;/h2-5,8-9,13H,1,6-7,10-12H2,(H,21,22);1H. The van der Waals surface area contributed by atoms with Crippen molar-refractivity contribution in [1.82, 2.24) is 0 Å². The van der Waals surface area contributed by atoms with E-state index in [0.29, 0.717) is 12.1 Å². The number of carbonyl (C=O) groups excluding carboxylic acids is 1. The third-order valence-electron chi connectivity index (χ3n) is 3.93. The molecule has 0 unspecified atom stereocenters. The van der Waals surface area contributed by atoms with Crippen molar-refractivity contribution in [3.8, 4) is 0 Å². The first-order chi connectivity index (χ1) is 11.3. The topological polar surface area (TPSA) is 41.5 Å². The number of carbonyl (C=O) groups is 1. The van der Waals surface area contributed by atoms with E-state index in [1.807, 2.05) is 36.5 Å². The van der Waals surface area contributed by atoms with Crippen LogP contribution in [0.3, 0.4) is 0 Å². The number of hydrogen-bond acceptors (Lipinski definition) is 3. The molecule has 0 aliphatic heterocycles. The summed E-state index contributed by atoms with van der Waals surface area (Å²) in [7, 11) is 0. The number of nitrogens with one attached hydrogen (secondary N) is 1. The summed E-state index contributed by atoms with van der Waals surface area (Å²) in [6.45, 7) is 4.29. The number of amides is 1. The van der Waals surface area contributed by atoms with Crippen LogP contribution < -0.4 is 5.32 Å². The van der Waals surface area contributed by atoms with Gasteiger partial charge in [-0.3, -0.25) is 9.79 Å². The Morgan fingerprint density at radius 3 is 2.75 bits per heavy atom. The Kier molecular flexibility index (Phi) is 6.76. The van der Waals surface area contributed by atoms with Gasteiger partial charge in [-0.05, 0) is 43.4 Å². The summed E-state index contributed by atoms with van der Waals surface area (Å²) in [4.78, 5) is 18.2. The van der Waals surface area contributed by atoms with Gasteiger partial charge in [-0.1, -0.05) is 24.3 Å². The van der Waals surface area contributed by atoms with E-state index in [-0.39, 0.29) is 18.3 Å². The maximum Gasteiger partial charge on any atom is 0.256 e. The van der Waals surface area contributed by atoms with Crippen molar-refractivity contribution in [2.45, 2.75) is 25.7 Å². The fourth-order valence-electron chi connectivity index (χ4n) is 2.80. The van der Waals surface area contributed by atoms with Gasteiger partial charge in [-0.15, -0.1) is 30.3 Å². The highest BCUT2D eigenvalue weighted by atomic mass is 35.5. The highest BCUT2D eigenvalue weighted by molar-refractivity contribution is 7.17. The molecule has 1 aliphatic carbocycles. The SMILES string of the molecule is C=CCN=Cc1c(NC(=O)c2ccccc2)sc2c1CCCC2.Cl. The fourth-order valence-corrected chi connectivity index (χ4v) is 4.06. The molecule has 1 heterocycles. The molecule has 24 heavy (non-hydrogen) atoms. The molecule has 1 amide bonds. The van der Waals surface area contributed by atoms with Crippen LogP contribution in [-0.2, 0) is 12.8 Å². The molecule has 0 spiro atoms. The summed E-state index contributed by atoms with van der Waals surface area (Å²) in [5.41, 5.74) is 3.11. The lowest BCUT2D eigenvalue weighted by Gasteiger charge is -2.11. The van der Waals surface area contributed by atoms with E-state index in [0.717, 1.165) is 23.4 Å². The zero-order chi connectivity index (χ0) is 16.1. The van der Waals surface area contributed by atoms with Crippen LogP contribution in [0.4, 0.5) is 5.00 Å². The lowest BCUT2D eigenvalue weighted by Crippen LogP contribution is -2.12. The molecule has 2 aromatic rings. The summed E-state index contributed by atoms with van der Waals surface area (Å²) in [5, 5.41) is 3.99. The number of nitrogens with zero attached hydrogens (tertiary/aromatic N) is 1. The molecular weight excluding hydrogens is 340 g/mol. The second-order valence-electron chi connectivity index (χ2n) is 5.56. The average molecular weight is 361 g/mol. The Hall–Kier alpha value is -1.91. The number of anilines is 1. The second-order valence-corrected chi connectivity index (χ2v) is 6.66. The summed E-state index contributed by atoms with van der Waals surface area (Å²) < 4.78 is 0. The monoisotopic (exact) mass is 360 g/mol. The fraction of sp³-hybridized carbons (Fsp3) is 0.263. The molecule has 3 nitrogen and oxygen atoms in total. The number of fused-ring (bicyclic) bond motifs is 1. The highest BCUT2D eigenvalue weighted by Crippen LogP contribution is 2.37. The Balaban J connectivity index is 0.00000208. The van der Waals surface area contributed by atoms with Crippen LogP contribution in [0.5, 0.6) is 0 Å². The highest BCUT2D eigenvalue weighted by Gasteiger charge is 2.21. The Morgan fingerprint density at radius 1 is 1.25 bits per heavy atom. The van der Waals surface area contributed by atoms with Gasteiger partial charge in [0.15, 0.2) is 0 Å². The van der Waals surface area contributed by atoms with E-state index in [1.165, 1.54) is 23.3 Å². The van der Waals surface area contributed by atoms with Crippen molar-refractivity contribution in [2.24, 2.45) is 4.99 Å². The zero-order valence-corrected chi connectivity index (χ0v) is 15.1. The first kappa shape index (κ1) is 18.4. The predicted molar refractivity (Wildman–Crippen MR) is 105 cm³/mol. The van der Waals surface area contributed by atoms with Crippen LogP contribution in [-0.4, -0.2) is 18.7 Å². The van der Waals surface area contributed by atoms with Crippen LogP contribution in [0.1, 0.15) is 39.2 Å². The molecule has 1 N–H and O–H groups in total. The van der Waals surface area contributed by atoms with Crippen LogP contribution >= 0.6 is 23.7 Å². The Morgan fingerprint density at radius 2 is 2.00 bits per heavy atom. The molecule has 0 saturated heterocycles. The molecule has 3 rings (SSSR count). The van der Waals surface area contributed by atoms with Crippen molar-refractivity contribution in [3.63, 3.8) is 0 Å². The molecule has 0 bridgehead atoms. The largest absolute Gasteiger partial charge is 0.313 e. The molecule has 1 aromatic heterocycles. The van der Waals surface area contributed by atoms with E-state index >= 15 is 0 Å². The van der Waals surface area contributed by atoms with Crippen LogP contribution in [0.2, 0.25) is 0 Å². The Labute approximate surface area is 152 Å². The molecule has 0 fully saturated rings. The molecule has 1 aliphatic rings. The van der Waals surface area contributed by atoms with Gasteiger partial charge >= 0.3 is 0 Å². The van der Waals surface area contributed by atoms with Crippen LogP contribution in [0.25, 0.3) is 0 Å². The smallest absolute Gasteiger partial charge is 0.256 e. The summed E-state index contributed by atoms with van der Waals surface area (Å²) in [5.74, 6) is -0.0671. The number of aryl methyl sites for hydroxylation is 1. The minimum Gasteiger partial charge on any atom is -0.313 e. The number of thiophene rings is 1. The normalized spacial score (nSPS) is 13.2. The maximum absolute atomic E-state index is 12.4. The van der Waals surface area contributed by atoms with Gasteiger partial charge in [0.2, 0.25) is 0 Å². The third-order valence-corrected chi connectivity index (χ3v) is 5.15. The van der Waals surface area contributed by atoms with Crippen LogP contribution in [0.15, 0.2) is 48.0 Å². The molecule has 0 radical (unpaired) electrons. The van der Waals surface area contributed by atoms with E-state index < -0.39 is 0 Å². The average Bonchev–Trinajstić information content (AvgIpc) is 2.93. The minimum absolute atomic E-state index is 0. The molecule has 1 aromatic carbocycles. The maximum atomic E-state index is 12.4. The van der Waals surface area contributed by atoms with Gasteiger partial charge in [0.05, 0.1) is 6.54 Å². The number of hydrogen-bond donors (Lipinski definition) is 1. The molecule has 0 atom stereocenters. The first-order valence-corrected chi connectivity index (χ1v) is 8.73. The summed E-state index contributed by atoms with van der Waals surface area (Å²) >= 11 is 1.69. The number of rotatable bonds is 5. The number of halogens is 1. The van der Waals surface area contributed by atoms with E-state index in [2.05, 4.69) is 16.9 Å². The second kappa shape index (κ2) is 8.81. The van der Waals surface area contributed by atoms with Gasteiger partial charge in [0.25, 0.3) is 5.91 Å². The van der Waals surface area contributed by atoms with Gasteiger partial charge in [0, 0.05) is 22.2 Å². The predicted octanol–water partition coefficient (Wildman–Crippen LogP) is 4.91. The lowest BCUT2D eigenvalue weighted by atomic mass is 9.96. The molecule has 5 heteroatoms. The Bertz CT molecular complexity index is 737. The molecular formula is C19H21ClN2OS. The summed E-state index contributed by atoms with van der Waals surface area (Å²) in [6.07, 6.45) is 8.27. The van der Waals surface area contributed by atoms with E-state index in [4.69, 9.17) is 0 Å². The van der Waals surface area contributed by atoms with E-state index in [1.54, 1.807) is 17.4 Å². The van der Waals surface area contributed by atoms with Gasteiger partial charge in [-0.25, -0.2) is 0 Å². The van der Waals surface area contributed by atoms with E-state index in [9.17, 15) is 4.79 Å². The number of aliphatic imine (C=N–C) groups is 1. The van der Waals surface area contributed by atoms with Crippen molar-refractivity contribution in [3.05, 3.63) is 64.6 Å². The van der Waals surface area contributed by atoms with Crippen molar-refractivity contribution in [1.29, 1.82) is 0 Å². The zero-order valence-electron chi connectivity index (χ0n) is 13.5. The minimum atomic E-state index is -0.0671. The molecule has 126 valence electrons. The van der Waals surface area contributed by atoms with Gasteiger partial charge in [-0.2, -0.15) is 0 Å². The quantitative estimate of drug-likeness (QED) is 0.597. The molecule has 0 saturated carbocycles. The number of benzene rings is 1. The lowest BCUT2D eigenvalue weighted by molar-refractivity contribution is 0.102. The first-order valence-electron chi connectivity index (χ1n) is 7.91. The van der Waals surface area contributed by atoms with Gasteiger partial charge in [0.1, 0.15) is 5.00 Å². The van der Waals surface area contributed by atoms with Gasteiger partial charge < -0.3 is 5.32 Å². The van der Waals surface area contributed by atoms with Crippen molar-refractivity contribution >= 4 is 40.9 Å². The van der Waals surface area contributed by atoms with Crippen LogP contribution in [0, 0.1) is 0 Å².